The monoisotopic (exact) mass is 226 g/mol. The summed E-state index contributed by atoms with van der Waals surface area (Å²) in [7, 11) is 0. The number of hydrogen-bond donors (Lipinski definition) is 2. The van der Waals surface area contributed by atoms with Crippen LogP contribution in [0.25, 0.3) is 0 Å². The number of carboxylic acids is 1. The molecule has 0 bridgehead atoms. The fraction of sp³-hybridized carbons (Fsp3) is 0.917. The molecular weight excluding hydrogens is 204 g/mol. The maximum atomic E-state index is 11.2. The van der Waals surface area contributed by atoms with Crippen LogP contribution in [-0.4, -0.2) is 41.1 Å². The van der Waals surface area contributed by atoms with Crippen LogP contribution in [0, 0.1) is 5.92 Å². The molecule has 2 unspecified atom stereocenters. The Morgan fingerprint density at radius 1 is 1.38 bits per heavy atom. The number of aliphatic carboxylic acids is 1. The van der Waals surface area contributed by atoms with Gasteiger partial charge in [-0.3, -0.25) is 4.79 Å². The molecule has 0 aromatic carbocycles. The van der Waals surface area contributed by atoms with Gasteiger partial charge in [0.1, 0.15) is 5.54 Å². The molecule has 2 aliphatic rings. The fourth-order valence-corrected chi connectivity index (χ4v) is 3.13. The van der Waals surface area contributed by atoms with Crippen molar-refractivity contribution in [3.63, 3.8) is 0 Å². The molecular formula is C12H22N2O2. The molecule has 16 heavy (non-hydrogen) atoms. The van der Waals surface area contributed by atoms with Crippen LogP contribution in [0.4, 0.5) is 0 Å². The lowest BCUT2D eigenvalue weighted by Gasteiger charge is -2.28. The molecule has 92 valence electrons. The Kier molecular flexibility index (Phi) is 3.50. The molecule has 1 aliphatic carbocycles. The standard InChI is InChI=1S/C12H22N2O2/c13-12(11(15)16)6-3-4-10(12)5-9-14-7-1-2-8-14/h10H,1-9,13H2,(H,15,16). The smallest absolute Gasteiger partial charge is 0.323 e. The van der Waals surface area contributed by atoms with E-state index in [4.69, 9.17) is 5.73 Å². The molecule has 0 amide bonds. The third-order valence-electron chi connectivity index (χ3n) is 4.26. The van der Waals surface area contributed by atoms with Gasteiger partial charge >= 0.3 is 5.97 Å². The minimum Gasteiger partial charge on any atom is -0.480 e. The maximum Gasteiger partial charge on any atom is 0.323 e. The molecule has 4 heteroatoms. The summed E-state index contributed by atoms with van der Waals surface area (Å²) in [5.41, 5.74) is 5.07. The summed E-state index contributed by atoms with van der Waals surface area (Å²) >= 11 is 0. The van der Waals surface area contributed by atoms with Gasteiger partial charge in [-0.2, -0.15) is 0 Å². The first-order valence-corrected chi connectivity index (χ1v) is 6.37. The normalized spacial score (nSPS) is 35.7. The van der Waals surface area contributed by atoms with E-state index in [0.717, 1.165) is 25.8 Å². The SMILES string of the molecule is NC1(C(=O)O)CCCC1CCN1CCCC1. The second-order valence-corrected chi connectivity index (χ2v) is 5.27. The van der Waals surface area contributed by atoms with E-state index < -0.39 is 11.5 Å². The zero-order valence-corrected chi connectivity index (χ0v) is 9.82. The summed E-state index contributed by atoms with van der Waals surface area (Å²) in [4.78, 5) is 13.6. The molecule has 3 N–H and O–H groups in total. The van der Waals surface area contributed by atoms with Gasteiger partial charge in [0, 0.05) is 0 Å². The number of nitrogens with two attached hydrogens (primary N) is 1. The molecule has 1 heterocycles. The second-order valence-electron chi connectivity index (χ2n) is 5.27. The van der Waals surface area contributed by atoms with Crippen LogP contribution in [-0.2, 0) is 4.79 Å². The number of nitrogens with zero attached hydrogens (tertiary/aromatic N) is 1. The first-order valence-electron chi connectivity index (χ1n) is 6.37. The van der Waals surface area contributed by atoms with Crippen molar-refractivity contribution in [2.45, 2.75) is 44.1 Å². The van der Waals surface area contributed by atoms with E-state index in [1.807, 2.05) is 0 Å². The molecule has 0 aromatic heterocycles. The van der Waals surface area contributed by atoms with Crippen molar-refractivity contribution in [3.8, 4) is 0 Å². The minimum atomic E-state index is -0.945. The second kappa shape index (κ2) is 4.72. The van der Waals surface area contributed by atoms with Crippen LogP contribution in [0.2, 0.25) is 0 Å². The van der Waals surface area contributed by atoms with Crippen molar-refractivity contribution < 1.29 is 9.90 Å². The molecule has 2 atom stereocenters. The van der Waals surface area contributed by atoms with E-state index in [2.05, 4.69) is 4.90 Å². The van der Waals surface area contributed by atoms with Gasteiger partial charge in [-0.1, -0.05) is 6.42 Å². The van der Waals surface area contributed by atoms with Crippen LogP contribution in [0.5, 0.6) is 0 Å². The summed E-state index contributed by atoms with van der Waals surface area (Å²) in [5.74, 6) is -0.637. The minimum absolute atomic E-state index is 0.172. The first kappa shape index (κ1) is 11.9. The van der Waals surface area contributed by atoms with Crippen LogP contribution in [0.1, 0.15) is 38.5 Å². The maximum absolute atomic E-state index is 11.2. The number of likely N-dealkylation sites (tertiary alicyclic amines) is 1. The van der Waals surface area contributed by atoms with Crippen molar-refractivity contribution in [3.05, 3.63) is 0 Å². The summed E-state index contributed by atoms with van der Waals surface area (Å²) < 4.78 is 0. The third-order valence-corrected chi connectivity index (χ3v) is 4.26. The summed E-state index contributed by atoms with van der Waals surface area (Å²) in [6.45, 7) is 3.38. The van der Waals surface area contributed by atoms with Crippen molar-refractivity contribution in [1.29, 1.82) is 0 Å². The Bertz CT molecular complexity index is 264. The molecule has 0 aromatic rings. The quantitative estimate of drug-likeness (QED) is 0.752. The number of rotatable bonds is 4. The average Bonchev–Trinajstić information content (AvgIpc) is 2.85. The zero-order valence-electron chi connectivity index (χ0n) is 9.82. The lowest BCUT2D eigenvalue weighted by Crippen LogP contribution is -2.51. The molecule has 2 fully saturated rings. The molecule has 0 radical (unpaired) electrons. The predicted molar refractivity (Wildman–Crippen MR) is 62.2 cm³/mol. The first-order chi connectivity index (χ1) is 7.63. The Labute approximate surface area is 96.8 Å². The molecule has 1 saturated carbocycles. The lowest BCUT2D eigenvalue weighted by atomic mass is 9.85. The van der Waals surface area contributed by atoms with E-state index >= 15 is 0 Å². The highest BCUT2D eigenvalue weighted by molar-refractivity contribution is 5.79. The summed E-state index contributed by atoms with van der Waals surface area (Å²) in [5, 5.41) is 9.20. The molecule has 1 saturated heterocycles. The van der Waals surface area contributed by atoms with Crippen molar-refractivity contribution >= 4 is 5.97 Å². The van der Waals surface area contributed by atoms with Gasteiger partial charge in [-0.25, -0.2) is 0 Å². The van der Waals surface area contributed by atoms with Gasteiger partial charge in [0.05, 0.1) is 0 Å². The molecule has 0 spiro atoms. The van der Waals surface area contributed by atoms with E-state index in [-0.39, 0.29) is 5.92 Å². The molecule has 2 rings (SSSR count). The largest absolute Gasteiger partial charge is 0.480 e. The van der Waals surface area contributed by atoms with E-state index in [1.54, 1.807) is 0 Å². The number of hydrogen-bond acceptors (Lipinski definition) is 3. The van der Waals surface area contributed by atoms with Gasteiger partial charge in [-0.15, -0.1) is 0 Å². The number of carbonyl (C=O) groups is 1. The highest BCUT2D eigenvalue weighted by atomic mass is 16.4. The van der Waals surface area contributed by atoms with Crippen molar-refractivity contribution in [2.75, 3.05) is 19.6 Å². The Morgan fingerprint density at radius 2 is 2.06 bits per heavy atom. The molecule has 1 aliphatic heterocycles. The Balaban J connectivity index is 1.86. The molecule has 4 nitrogen and oxygen atoms in total. The lowest BCUT2D eigenvalue weighted by molar-refractivity contribution is -0.144. The van der Waals surface area contributed by atoms with Crippen LogP contribution in [0.3, 0.4) is 0 Å². The predicted octanol–water partition coefficient (Wildman–Crippen LogP) is 1.05. The van der Waals surface area contributed by atoms with E-state index in [1.165, 1.54) is 25.9 Å². The van der Waals surface area contributed by atoms with Crippen LogP contribution in [0.15, 0.2) is 0 Å². The fourth-order valence-electron chi connectivity index (χ4n) is 3.13. The van der Waals surface area contributed by atoms with Gasteiger partial charge in [-0.05, 0) is 57.7 Å². The Morgan fingerprint density at radius 3 is 2.69 bits per heavy atom. The summed E-state index contributed by atoms with van der Waals surface area (Å²) in [6, 6.07) is 0. The van der Waals surface area contributed by atoms with Crippen LogP contribution >= 0.6 is 0 Å². The van der Waals surface area contributed by atoms with E-state index in [9.17, 15) is 9.90 Å². The van der Waals surface area contributed by atoms with Gasteiger partial charge in [0.15, 0.2) is 0 Å². The summed E-state index contributed by atoms with van der Waals surface area (Å²) in [6.07, 6.45) is 6.12. The van der Waals surface area contributed by atoms with Gasteiger partial charge in [0.2, 0.25) is 0 Å². The number of carboxylic acid groups (broad SMARTS) is 1. The highest BCUT2D eigenvalue weighted by Crippen LogP contribution is 2.36. The van der Waals surface area contributed by atoms with Gasteiger partial charge < -0.3 is 15.7 Å². The van der Waals surface area contributed by atoms with Gasteiger partial charge in [0.25, 0.3) is 0 Å². The van der Waals surface area contributed by atoms with Crippen LogP contribution < -0.4 is 5.73 Å². The van der Waals surface area contributed by atoms with Crippen molar-refractivity contribution in [1.82, 2.24) is 4.90 Å². The van der Waals surface area contributed by atoms with Crippen molar-refractivity contribution in [2.24, 2.45) is 11.7 Å². The topological polar surface area (TPSA) is 66.6 Å². The zero-order chi connectivity index (χ0) is 11.6. The Hall–Kier alpha value is -0.610. The third kappa shape index (κ3) is 2.23. The van der Waals surface area contributed by atoms with E-state index in [0.29, 0.717) is 6.42 Å². The highest BCUT2D eigenvalue weighted by Gasteiger charge is 2.45. The average molecular weight is 226 g/mol.